The summed E-state index contributed by atoms with van der Waals surface area (Å²) in [6.45, 7) is 7.47. The van der Waals surface area contributed by atoms with Crippen molar-refractivity contribution in [2.75, 3.05) is 18.8 Å². The molecule has 2 nitrogen and oxygen atoms in total. The van der Waals surface area contributed by atoms with Crippen LogP contribution in [0.25, 0.3) is 0 Å². The highest BCUT2D eigenvalue weighted by atomic mass is 32.2. The minimum Gasteiger partial charge on any atom is -0.338 e. The lowest BCUT2D eigenvalue weighted by molar-refractivity contribution is 0.0759. The van der Waals surface area contributed by atoms with Crippen molar-refractivity contribution >= 4 is 17.7 Å². The van der Waals surface area contributed by atoms with Gasteiger partial charge >= 0.3 is 0 Å². The third kappa shape index (κ3) is 3.30. The van der Waals surface area contributed by atoms with Gasteiger partial charge in [-0.05, 0) is 25.0 Å². The summed E-state index contributed by atoms with van der Waals surface area (Å²) in [6.07, 6.45) is 0.941. The monoisotopic (exact) mass is 281 g/mol. The molecule has 1 aliphatic heterocycles. The summed E-state index contributed by atoms with van der Waals surface area (Å²) in [4.78, 5) is 14.2. The molecule has 4 heteroatoms. The Morgan fingerprint density at radius 2 is 2.11 bits per heavy atom. The molecule has 0 aromatic heterocycles. The summed E-state index contributed by atoms with van der Waals surface area (Å²) in [5.41, 5.74) is 0.722. The van der Waals surface area contributed by atoms with E-state index in [1.54, 1.807) is 30.0 Å². The lowest BCUT2D eigenvalue weighted by Crippen LogP contribution is -2.34. The number of hydrogen-bond donors (Lipinski definition) is 0. The van der Waals surface area contributed by atoms with Crippen molar-refractivity contribution in [1.29, 1.82) is 0 Å². The lowest BCUT2D eigenvalue weighted by Gasteiger charge is -2.23. The topological polar surface area (TPSA) is 20.3 Å². The number of rotatable bonds is 1. The van der Waals surface area contributed by atoms with Crippen LogP contribution in [0.4, 0.5) is 4.39 Å². The van der Waals surface area contributed by atoms with Crippen LogP contribution in [-0.2, 0) is 0 Å². The van der Waals surface area contributed by atoms with Gasteiger partial charge in [0.05, 0.1) is 5.56 Å². The molecule has 1 aromatic rings. The van der Waals surface area contributed by atoms with Gasteiger partial charge in [-0.25, -0.2) is 4.39 Å². The number of nitrogens with zero attached hydrogens (tertiary/aromatic N) is 1. The second-order valence-corrected chi connectivity index (χ2v) is 7.39. The number of benzene rings is 1. The quantitative estimate of drug-likeness (QED) is 0.785. The third-order valence-corrected chi connectivity index (χ3v) is 4.92. The second-order valence-electron chi connectivity index (χ2n) is 5.59. The van der Waals surface area contributed by atoms with Gasteiger partial charge in [0.2, 0.25) is 0 Å². The highest BCUT2D eigenvalue weighted by Crippen LogP contribution is 2.31. The summed E-state index contributed by atoms with van der Waals surface area (Å²) < 4.78 is 14.2. The van der Waals surface area contributed by atoms with Crippen LogP contribution >= 0.6 is 11.8 Å². The van der Waals surface area contributed by atoms with Crippen molar-refractivity contribution in [2.45, 2.75) is 31.9 Å². The minimum absolute atomic E-state index is 0.181. The van der Waals surface area contributed by atoms with Gasteiger partial charge in [-0.1, -0.05) is 26.0 Å². The normalized spacial score (nSPS) is 19.1. The van der Waals surface area contributed by atoms with E-state index in [-0.39, 0.29) is 22.0 Å². The molecule has 1 fully saturated rings. The largest absolute Gasteiger partial charge is 0.338 e. The molecular formula is C15H20FNOS. The molecule has 19 heavy (non-hydrogen) atoms. The van der Waals surface area contributed by atoms with E-state index in [9.17, 15) is 9.18 Å². The summed E-state index contributed by atoms with van der Waals surface area (Å²) in [5.74, 6) is 0.342. The van der Waals surface area contributed by atoms with Gasteiger partial charge in [0.1, 0.15) is 5.82 Å². The van der Waals surface area contributed by atoms with E-state index in [1.807, 2.05) is 11.8 Å². The number of amides is 1. The van der Waals surface area contributed by atoms with Crippen LogP contribution in [0.2, 0.25) is 0 Å². The SMILES string of the molecule is Cc1cccc(C(=O)N2CCSC(C)(C)CC2)c1F. The predicted molar refractivity (Wildman–Crippen MR) is 78.2 cm³/mol. The highest BCUT2D eigenvalue weighted by Gasteiger charge is 2.27. The van der Waals surface area contributed by atoms with Crippen molar-refractivity contribution in [3.8, 4) is 0 Å². The first kappa shape index (κ1) is 14.4. The van der Waals surface area contributed by atoms with E-state index < -0.39 is 0 Å². The summed E-state index contributed by atoms with van der Waals surface area (Å²) in [6, 6.07) is 5.00. The molecular weight excluding hydrogens is 261 g/mol. The zero-order valence-electron chi connectivity index (χ0n) is 11.7. The van der Waals surface area contributed by atoms with Crippen LogP contribution in [0, 0.1) is 12.7 Å². The molecule has 0 radical (unpaired) electrons. The molecule has 0 aliphatic carbocycles. The molecule has 0 atom stereocenters. The number of halogens is 1. The average molecular weight is 281 g/mol. The van der Waals surface area contributed by atoms with Crippen molar-refractivity contribution in [3.63, 3.8) is 0 Å². The first-order valence-corrected chi connectivity index (χ1v) is 7.58. The van der Waals surface area contributed by atoms with Gasteiger partial charge in [-0.2, -0.15) is 11.8 Å². The van der Waals surface area contributed by atoms with Gasteiger partial charge in [-0.3, -0.25) is 4.79 Å². The maximum atomic E-state index is 14.0. The Balaban J connectivity index is 2.18. The maximum Gasteiger partial charge on any atom is 0.256 e. The summed E-state index contributed by atoms with van der Waals surface area (Å²) >= 11 is 1.88. The maximum absolute atomic E-state index is 14.0. The van der Waals surface area contributed by atoms with E-state index in [0.29, 0.717) is 18.7 Å². The first-order valence-electron chi connectivity index (χ1n) is 6.59. The van der Waals surface area contributed by atoms with Gasteiger partial charge in [0.15, 0.2) is 0 Å². The van der Waals surface area contributed by atoms with Crippen LogP contribution in [0.15, 0.2) is 18.2 Å². The van der Waals surface area contributed by atoms with E-state index >= 15 is 0 Å². The molecule has 1 saturated heterocycles. The number of thioether (sulfide) groups is 1. The zero-order valence-corrected chi connectivity index (χ0v) is 12.5. The molecule has 104 valence electrons. The Bertz CT molecular complexity index is 487. The van der Waals surface area contributed by atoms with Gasteiger partial charge in [-0.15, -0.1) is 0 Å². The standard InChI is InChI=1S/C15H20FNOS/c1-11-5-4-6-12(13(11)16)14(18)17-8-7-15(2,3)19-10-9-17/h4-6H,7-10H2,1-3H3. The van der Waals surface area contributed by atoms with Crippen LogP contribution in [0.1, 0.15) is 36.2 Å². The lowest BCUT2D eigenvalue weighted by atomic mass is 10.1. The molecule has 1 aliphatic rings. The molecule has 0 unspecified atom stereocenters. The fourth-order valence-corrected chi connectivity index (χ4v) is 3.31. The molecule has 0 bridgehead atoms. The second kappa shape index (κ2) is 5.53. The average Bonchev–Trinajstić information content (AvgIpc) is 2.53. The van der Waals surface area contributed by atoms with Crippen LogP contribution in [0.5, 0.6) is 0 Å². The Labute approximate surface area is 118 Å². The number of carbonyl (C=O) groups is 1. The molecule has 0 spiro atoms. The molecule has 0 saturated carbocycles. The Morgan fingerprint density at radius 1 is 1.37 bits per heavy atom. The van der Waals surface area contributed by atoms with Gasteiger partial charge in [0, 0.05) is 23.6 Å². The van der Waals surface area contributed by atoms with Gasteiger partial charge < -0.3 is 4.90 Å². The molecule has 1 aromatic carbocycles. The molecule has 2 rings (SSSR count). The summed E-state index contributed by atoms with van der Waals surface area (Å²) in [7, 11) is 0. The molecule has 0 N–H and O–H groups in total. The molecule has 1 heterocycles. The van der Waals surface area contributed by atoms with E-state index in [0.717, 1.165) is 12.2 Å². The van der Waals surface area contributed by atoms with Crippen molar-refractivity contribution in [3.05, 3.63) is 35.1 Å². The van der Waals surface area contributed by atoms with Crippen LogP contribution in [-0.4, -0.2) is 34.4 Å². The number of carbonyl (C=O) groups excluding carboxylic acids is 1. The summed E-state index contributed by atoms with van der Waals surface area (Å²) in [5, 5.41) is 0. The smallest absolute Gasteiger partial charge is 0.256 e. The fourth-order valence-electron chi connectivity index (χ4n) is 2.21. The third-order valence-electron chi connectivity index (χ3n) is 3.55. The van der Waals surface area contributed by atoms with Crippen molar-refractivity contribution in [2.24, 2.45) is 0 Å². The number of aryl methyl sites for hydroxylation is 1. The Kier molecular flexibility index (Phi) is 4.19. The highest BCUT2D eigenvalue weighted by molar-refractivity contribution is 8.00. The van der Waals surface area contributed by atoms with Crippen LogP contribution < -0.4 is 0 Å². The van der Waals surface area contributed by atoms with Crippen molar-refractivity contribution < 1.29 is 9.18 Å². The fraction of sp³-hybridized carbons (Fsp3) is 0.533. The van der Waals surface area contributed by atoms with E-state index in [2.05, 4.69) is 13.8 Å². The molecule has 1 amide bonds. The van der Waals surface area contributed by atoms with Crippen LogP contribution in [0.3, 0.4) is 0 Å². The first-order chi connectivity index (χ1) is 8.91. The predicted octanol–water partition coefficient (Wildman–Crippen LogP) is 3.49. The minimum atomic E-state index is -0.385. The Morgan fingerprint density at radius 3 is 2.84 bits per heavy atom. The van der Waals surface area contributed by atoms with E-state index in [1.165, 1.54) is 0 Å². The Hall–Kier alpha value is -1.03. The van der Waals surface area contributed by atoms with Gasteiger partial charge in [0.25, 0.3) is 5.91 Å². The van der Waals surface area contributed by atoms with E-state index in [4.69, 9.17) is 0 Å². The number of hydrogen-bond acceptors (Lipinski definition) is 2. The zero-order chi connectivity index (χ0) is 14.0. The van der Waals surface area contributed by atoms with Crippen molar-refractivity contribution in [1.82, 2.24) is 4.90 Å².